The van der Waals surface area contributed by atoms with Crippen molar-refractivity contribution in [1.82, 2.24) is 0 Å². The smallest absolute Gasteiger partial charge is 0.241 e. The zero-order chi connectivity index (χ0) is 14.1. The Morgan fingerprint density at radius 1 is 1.05 bits per heavy atom. The zero-order valence-corrected chi connectivity index (χ0v) is 10.7. The lowest BCUT2D eigenvalue weighted by Gasteiger charge is -2.22. The molecule has 0 unspecified atom stereocenters. The van der Waals surface area contributed by atoms with Gasteiger partial charge in [0, 0.05) is 11.4 Å². The van der Waals surface area contributed by atoms with Crippen molar-refractivity contribution in [1.29, 1.82) is 0 Å². The first-order chi connectivity index (χ1) is 9.65. The van der Waals surface area contributed by atoms with Crippen LogP contribution in [0.1, 0.15) is 6.42 Å². The Bertz CT molecular complexity index is 683. The summed E-state index contributed by atoms with van der Waals surface area (Å²) in [7, 11) is 0. The number of para-hydroxylation sites is 1. The third kappa shape index (κ3) is 2.09. The maximum absolute atomic E-state index is 12.3. The van der Waals surface area contributed by atoms with Crippen LogP contribution in [0, 0.1) is 0 Å². The third-order valence-corrected chi connectivity index (χ3v) is 3.11. The Hall–Kier alpha value is -2.82. The molecule has 3 rings (SSSR count). The number of carbonyl (C=O) groups is 2. The first kappa shape index (κ1) is 12.2. The summed E-state index contributed by atoms with van der Waals surface area (Å²) in [5, 5.41) is 2.72. The Balaban J connectivity index is 2.20. The predicted octanol–water partition coefficient (Wildman–Crippen LogP) is 2.28. The van der Waals surface area contributed by atoms with E-state index < -0.39 is 0 Å². The first-order valence-corrected chi connectivity index (χ1v) is 6.22. The lowest BCUT2D eigenvalue weighted by Crippen LogP contribution is -2.26. The van der Waals surface area contributed by atoms with Gasteiger partial charge in [0.2, 0.25) is 11.8 Å². The number of carbonyl (C=O) groups excluding carboxylic acids is 2. The molecule has 2 aromatic carbocycles. The summed E-state index contributed by atoms with van der Waals surface area (Å²) in [5.74, 6) is -0.600. The van der Waals surface area contributed by atoms with Crippen LogP contribution in [0.15, 0.2) is 48.5 Å². The number of nitrogens with one attached hydrogen (secondary N) is 1. The number of hydrogen-bond donors (Lipinski definition) is 2. The van der Waals surface area contributed by atoms with E-state index in [1.807, 2.05) is 30.3 Å². The SMILES string of the molecule is Nc1ccc2c(c1)N(c1ccccc1)C(=O)CC(=O)N2. The van der Waals surface area contributed by atoms with Crippen molar-refractivity contribution in [2.75, 3.05) is 16.0 Å². The number of nitrogen functional groups attached to an aromatic ring is 1. The van der Waals surface area contributed by atoms with E-state index in [0.29, 0.717) is 22.7 Å². The number of rotatable bonds is 1. The Morgan fingerprint density at radius 2 is 1.80 bits per heavy atom. The largest absolute Gasteiger partial charge is 0.399 e. The molecule has 0 saturated heterocycles. The van der Waals surface area contributed by atoms with E-state index in [1.165, 1.54) is 4.90 Å². The first-order valence-electron chi connectivity index (χ1n) is 6.22. The van der Waals surface area contributed by atoms with Crippen molar-refractivity contribution in [3.8, 4) is 0 Å². The molecule has 1 aliphatic heterocycles. The molecule has 20 heavy (non-hydrogen) atoms. The second-order valence-corrected chi connectivity index (χ2v) is 4.57. The summed E-state index contributed by atoms with van der Waals surface area (Å²) >= 11 is 0. The van der Waals surface area contributed by atoms with Crippen LogP contribution in [-0.4, -0.2) is 11.8 Å². The molecule has 0 radical (unpaired) electrons. The van der Waals surface area contributed by atoms with Gasteiger partial charge >= 0.3 is 0 Å². The number of anilines is 4. The van der Waals surface area contributed by atoms with Gasteiger partial charge in [-0.1, -0.05) is 18.2 Å². The molecular formula is C15H13N3O2. The van der Waals surface area contributed by atoms with Gasteiger partial charge < -0.3 is 11.1 Å². The highest BCUT2D eigenvalue weighted by molar-refractivity contribution is 6.17. The highest BCUT2D eigenvalue weighted by atomic mass is 16.2. The van der Waals surface area contributed by atoms with Crippen LogP contribution in [0.5, 0.6) is 0 Å². The number of nitrogens with zero attached hydrogens (tertiary/aromatic N) is 1. The van der Waals surface area contributed by atoms with Gasteiger partial charge in [-0.3, -0.25) is 14.5 Å². The lowest BCUT2D eigenvalue weighted by atomic mass is 10.2. The highest BCUT2D eigenvalue weighted by Gasteiger charge is 2.27. The molecule has 5 nitrogen and oxygen atoms in total. The average Bonchev–Trinajstić information content (AvgIpc) is 2.54. The van der Waals surface area contributed by atoms with E-state index in [4.69, 9.17) is 5.73 Å². The zero-order valence-electron chi connectivity index (χ0n) is 10.7. The van der Waals surface area contributed by atoms with Crippen LogP contribution in [0.2, 0.25) is 0 Å². The summed E-state index contributed by atoms with van der Waals surface area (Å²) < 4.78 is 0. The fourth-order valence-electron chi connectivity index (χ4n) is 2.24. The van der Waals surface area contributed by atoms with Crippen molar-refractivity contribution >= 4 is 34.6 Å². The standard InChI is InChI=1S/C15H13N3O2/c16-10-6-7-12-13(8-10)18(11-4-2-1-3-5-11)15(20)9-14(19)17-12/h1-8H,9,16H2,(H,17,19). The second-order valence-electron chi connectivity index (χ2n) is 4.57. The van der Waals surface area contributed by atoms with Crippen molar-refractivity contribution in [2.24, 2.45) is 0 Å². The molecule has 0 bridgehead atoms. The molecule has 1 heterocycles. The molecular weight excluding hydrogens is 254 g/mol. The van der Waals surface area contributed by atoms with Crippen molar-refractivity contribution in [3.05, 3.63) is 48.5 Å². The lowest BCUT2D eigenvalue weighted by molar-refractivity contribution is -0.124. The molecule has 0 aromatic heterocycles. The Kier molecular flexibility index (Phi) is 2.87. The number of amides is 2. The third-order valence-electron chi connectivity index (χ3n) is 3.11. The van der Waals surface area contributed by atoms with Gasteiger partial charge in [0.15, 0.2) is 0 Å². The molecule has 100 valence electrons. The Labute approximate surface area is 116 Å². The fraction of sp³-hybridized carbons (Fsp3) is 0.0667. The Morgan fingerprint density at radius 3 is 2.55 bits per heavy atom. The van der Waals surface area contributed by atoms with Crippen LogP contribution in [0.3, 0.4) is 0 Å². The van der Waals surface area contributed by atoms with Crippen molar-refractivity contribution in [2.45, 2.75) is 6.42 Å². The summed E-state index contributed by atoms with van der Waals surface area (Å²) in [5.41, 5.74) is 8.22. The highest BCUT2D eigenvalue weighted by Crippen LogP contribution is 2.36. The molecule has 0 saturated carbocycles. The van der Waals surface area contributed by atoms with E-state index in [9.17, 15) is 9.59 Å². The minimum absolute atomic E-state index is 0.191. The average molecular weight is 267 g/mol. The molecule has 0 spiro atoms. The van der Waals surface area contributed by atoms with Crippen LogP contribution >= 0.6 is 0 Å². The van der Waals surface area contributed by atoms with Gasteiger partial charge in [-0.15, -0.1) is 0 Å². The maximum Gasteiger partial charge on any atom is 0.241 e. The molecule has 0 atom stereocenters. The number of nitrogens with two attached hydrogens (primary N) is 1. The van der Waals surface area contributed by atoms with E-state index in [0.717, 1.165) is 0 Å². The molecule has 3 N–H and O–H groups in total. The fourth-order valence-corrected chi connectivity index (χ4v) is 2.24. The van der Waals surface area contributed by atoms with Crippen LogP contribution in [0.25, 0.3) is 0 Å². The molecule has 0 aliphatic carbocycles. The van der Waals surface area contributed by atoms with Crippen LogP contribution in [-0.2, 0) is 9.59 Å². The number of benzene rings is 2. The predicted molar refractivity (Wildman–Crippen MR) is 77.7 cm³/mol. The topological polar surface area (TPSA) is 75.4 Å². The second kappa shape index (κ2) is 4.70. The van der Waals surface area contributed by atoms with E-state index in [2.05, 4.69) is 5.32 Å². The normalized spacial score (nSPS) is 14.5. The van der Waals surface area contributed by atoms with Gasteiger partial charge in [0.05, 0.1) is 11.4 Å². The minimum Gasteiger partial charge on any atom is -0.399 e. The van der Waals surface area contributed by atoms with Gasteiger partial charge in [-0.25, -0.2) is 0 Å². The van der Waals surface area contributed by atoms with Gasteiger partial charge in [-0.2, -0.15) is 0 Å². The van der Waals surface area contributed by atoms with E-state index in [1.54, 1.807) is 18.2 Å². The number of hydrogen-bond acceptors (Lipinski definition) is 3. The summed E-state index contributed by atoms with van der Waals surface area (Å²) in [6, 6.07) is 14.3. The molecule has 5 heteroatoms. The maximum atomic E-state index is 12.3. The van der Waals surface area contributed by atoms with Crippen LogP contribution < -0.4 is 16.0 Å². The quantitative estimate of drug-likeness (QED) is 0.614. The number of fused-ring (bicyclic) bond motifs is 1. The molecule has 2 aromatic rings. The minimum atomic E-state index is -0.320. The molecule has 1 aliphatic rings. The van der Waals surface area contributed by atoms with Crippen LogP contribution in [0.4, 0.5) is 22.7 Å². The van der Waals surface area contributed by atoms with Gasteiger partial charge in [0.25, 0.3) is 0 Å². The molecule has 0 fully saturated rings. The van der Waals surface area contributed by atoms with E-state index in [-0.39, 0.29) is 18.2 Å². The monoisotopic (exact) mass is 267 g/mol. The van der Waals surface area contributed by atoms with Gasteiger partial charge in [-0.05, 0) is 30.3 Å². The van der Waals surface area contributed by atoms with Crippen molar-refractivity contribution < 1.29 is 9.59 Å². The molecule has 2 amide bonds. The summed E-state index contributed by atoms with van der Waals surface area (Å²) in [6.07, 6.45) is -0.191. The van der Waals surface area contributed by atoms with Gasteiger partial charge in [0.1, 0.15) is 6.42 Å². The van der Waals surface area contributed by atoms with E-state index >= 15 is 0 Å². The summed E-state index contributed by atoms with van der Waals surface area (Å²) in [4.78, 5) is 25.6. The van der Waals surface area contributed by atoms with Crippen molar-refractivity contribution in [3.63, 3.8) is 0 Å². The summed E-state index contributed by atoms with van der Waals surface area (Å²) in [6.45, 7) is 0.